The molecule has 0 atom stereocenters. The first kappa shape index (κ1) is 18.2. The van der Waals surface area contributed by atoms with E-state index in [0.29, 0.717) is 16.3 Å². The van der Waals surface area contributed by atoms with Gasteiger partial charge in [-0.25, -0.2) is 5.01 Å². The Balaban J connectivity index is 1.57. The van der Waals surface area contributed by atoms with E-state index in [1.807, 2.05) is 18.2 Å². The monoisotopic (exact) mass is 396 g/mol. The van der Waals surface area contributed by atoms with E-state index < -0.39 is 11.8 Å². The van der Waals surface area contributed by atoms with Crippen LogP contribution in [0.5, 0.6) is 0 Å². The molecular formula is C20H20N4O3S. The van der Waals surface area contributed by atoms with Crippen LogP contribution < -0.4 is 21.5 Å². The molecule has 0 saturated heterocycles. The fourth-order valence-corrected chi connectivity index (χ4v) is 4.81. The number of primary amides is 1. The average Bonchev–Trinajstić information content (AvgIpc) is 3.07. The highest BCUT2D eigenvalue weighted by Gasteiger charge is 2.28. The molecule has 0 unspecified atom stereocenters. The first-order valence-electron chi connectivity index (χ1n) is 9.15. The first-order valence-corrected chi connectivity index (χ1v) is 9.96. The number of amides is 3. The third-order valence-corrected chi connectivity index (χ3v) is 6.07. The number of hydrogen-bond donors (Lipinski definition) is 3. The number of thiophene rings is 1. The minimum Gasteiger partial charge on any atom is -0.365 e. The van der Waals surface area contributed by atoms with Gasteiger partial charge >= 0.3 is 0 Å². The number of hydrazine groups is 1. The second-order valence-electron chi connectivity index (χ2n) is 6.73. The predicted molar refractivity (Wildman–Crippen MR) is 108 cm³/mol. The zero-order valence-corrected chi connectivity index (χ0v) is 16.0. The Labute approximate surface area is 166 Å². The molecule has 0 bridgehead atoms. The lowest BCUT2D eigenvalue weighted by atomic mass is 9.95. The van der Waals surface area contributed by atoms with Crippen molar-refractivity contribution in [1.29, 1.82) is 0 Å². The molecule has 0 radical (unpaired) electrons. The lowest BCUT2D eigenvalue weighted by Gasteiger charge is -2.28. The van der Waals surface area contributed by atoms with E-state index in [-0.39, 0.29) is 18.0 Å². The number of aryl methyl sites for hydroxylation is 1. The quantitative estimate of drug-likeness (QED) is 0.738. The molecule has 1 aliphatic heterocycles. The molecule has 1 aromatic carbocycles. The standard InChI is InChI=1S/C20H20N4O3S/c21-18(26)17-13-8-4-5-9-15(13)28-20(17)22-19(27)14-10-11-16(25)24(23-14)12-6-2-1-3-7-12/h1-3,6-7,10,23H,4-5,8-9,11H2,(H2,21,26)(H,22,27). The van der Waals surface area contributed by atoms with Crippen LogP contribution in [0.25, 0.3) is 0 Å². The molecule has 2 aliphatic rings. The van der Waals surface area contributed by atoms with Crippen molar-refractivity contribution in [3.8, 4) is 0 Å². The molecule has 28 heavy (non-hydrogen) atoms. The molecule has 7 nitrogen and oxygen atoms in total. The Hall–Kier alpha value is -3.13. The largest absolute Gasteiger partial charge is 0.365 e. The van der Waals surface area contributed by atoms with Gasteiger partial charge in [-0.05, 0) is 49.5 Å². The summed E-state index contributed by atoms with van der Waals surface area (Å²) in [5.74, 6) is -1.09. The van der Waals surface area contributed by atoms with Gasteiger partial charge in [-0.3, -0.25) is 19.8 Å². The van der Waals surface area contributed by atoms with Crippen LogP contribution in [0, 0.1) is 0 Å². The van der Waals surface area contributed by atoms with Crippen LogP contribution in [0.15, 0.2) is 42.1 Å². The van der Waals surface area contributed by atoms with Gasteiger partial charge in [0.2, 0.25) is 5.91 Å². The molecule has 0 fully saturated rings. The molecule has 8 heteroatoms. The molecular weight excluding hydrogens is 376 g/mol. The van der Waals surface area contributed by atoms with Crippen LogP contribution in [0.3, 0.4) is 0 Å². The van der Waals surface area contributed by atoms with Gasteiger partial charge in [-0.2, -0.15) is 0 Å². The van der Waals surface area contributed by atoms with Crippen molar-refractivity contribution in [3.63, 3.8) is 0 Å². The van der Waals surface area contributed by atoms with Crippen LogP contribution in [-0.2, 0) is 22.4 Å². The van der Waals surface area contributed by atoms with Gasteiger partial charge in [0, 0.05) is 11.3 Å². The van der Waals surface area contributed by atoms with Gasteiger partial charge in [0.1, 0.15) is 10.7 Å². The molecule has 4 rings (SSSR count). The van der Waals surface area contributed by atoms with Crippen LogP contribution in [0.4, 0.5) is 10.7 Å². The maximum Gasteiger partial charge on any atom is 0.273 e. The summed E-state index contributed by atoms with van der Waals surface area (Å²) >= 11 is 1.41. The van der Waals surface area contributed by atoms with Crippen molar-refractivity contribution >= 4 is 39.7 Å². The SMILES string of the molecule is NC(=O)c1c(NC(=O)C2=CCC(=O)N(c3ccccc3)N2)sc2c1CCCC2. The lowest BCUT2D eigenvalue weighted by Crippen LogP contribution is -2.47. The zero-order valence-electron chi connectivity index (χ0n) is 15.2. The van der Waals surface area contributed by atoms with Crippen molar-refractivity contribution in [2.75, 3.05) is 10.3 Å². The number of carbonyl (C=O) groups excluding carboxylic acids is 3. The Morgan fingerprint density at radius 3 is 2.64 bits per heavy atom. The summed E-state index contributed by atoms with van der Waals surface area (Å²) in [6, 6.07) is 9.05. The highest BCUT2D eigenvalue weighted by molar-refractivity contribution is 7.17. The topological polar surface area (TPSA) is 105 Å². The van der Waals surface area contributed by atoms with Crippen molar-refractivity contribution in [1.82, 2.24) is 5.43 Å². The fraction of sp³-hybridized carbons (Fsp3) is 0.250. The average molecular weight is 396 g/mol. The van der Waals surface area contributed by atoms with Gasteiger partial charge in [-0.15, -0.1) is 11.3 Å². The highest BCUT2D eigenvalue weighted by Crippen LogP contribution is 2.38. The van der Waals surface area contributed by atoms with E-state index in [4.69, 9.17) is 5.73 Å². The molecule has 144 valence electrons. The summed E-state index contributed by atoms with van der Waals surface area (Å²) in [6.45, 7) is 0. The van der Waals surface area contributed by atoms with E-state index in [1.165, 1.54) is 16.3 Å². The Kier molecular flexibility index (Phi) is 4.87. The van der Waals surface area contributed by atoms with Crippen LogP contribution in [0.1, 0.15) is 40.1 Å². The molecule has 1 aliphatic carbocycles. The molecule has 1 aromatic heterocycles. The summed E-state index contributed by atoms with van der Waals surface area (Å²) in [4.78, 5) is 38.1. The molecule has 4 N–H and O–H groups in total. The van der Waals surface area contributed by atoms with Gasteiger partial charge < -0.3 is 11.1 Å². The number of rotatable bonds is 4. The summed E-state index contributed by atoms with van der Waals surface area (Å²) in [7, 11) is 0. The Morgan fingerprint density at radius 1 is 1.14 bits per heavy atom. The van der Waals surface area contributed by atoms with Gasteiger partial charge in [-0.1, -0.05) is 18.2 Å². The number of carbonyl (C=O) groups is 3. The fourth-order valence-electron chi connectivity index (χ4n) is 3.52. The van der Waals surface area contributed by atoms with E-state index >= 15 is 0 Å². The van der Waals surface area contributed by atoms with Gasteiger partial charge in [0.05, 0.1) is 11.3 Å². The lowest BCUT2D eigenvalue weighted by molar-refractivity contribution is -0.119. The summed E-state index contributed by atoms with van der Waals surface area (Å²) in [5, 5.41) is 4.65. The van der Waals surface area contributed by atoms with E-state index in [9.17, 15) is 14.4 Å². The van der Waals surface area contributed by atoms with Crippen molar-refractivity contribution in [3.05, 3.63) is 58.1 Å². The summed E-state index contributed by atoms with van der Waals surface area (Å²) in [6.07, 6.45) is 5.44. The highest BCUT2D eigenvalue weighted by atomic mass is 32.1. The molecule has 3 amide bonds. The number of nitrogens with zero attached hydrogens (tertiary/aromatic N) is 1. The van der Waals surface area contributed by atoms with Crippen LogP contribution in [-0.4, -0.2) is 17.7 Å². The van der Waals surface area contributed by atoms with E-state index in [1.54, 1.807) is 18.2 Å². The summed E-state index contributed by atoms with van der Waals surface area (Å²) in [5.41, 5.74) is 10.7. The maximum absolute atomic E-state index is 12.8. The minimum atomic E-state index is -0.527. The smallest absolute Gasteiger partial charge is 0.273 e. The Bertz CT molecular complexity index is 981. The van der Waals surface area contributed by atoms with Crippen molar-refractivity contribution < 1.29 is 14.4 Å². The number of para-hydroxylation sites is 1. The molecule has 0 saturated carbocycles. The number of fused-ring (bicyclic) bond motifs is 1. The zero-order chi connectivity index (χ0) is 19.7. The van der Waals surface area contributed by atoms with Crippen LogP contribution >= 0.6 is 11.3 Å². The molecule has 2 heterocycles. The first-order chi connectivity index (χ1) is 13.5. The second kappa shape index (κ2) is 7.47. The predicted octanol–water partition coefficient (Wildman–Crippen LogP) is 2.49. The minimum absolute atomic E-state index is 0.105. The third kappa shape index (κ3) is 3.38. The maximum atomic E-state index is 12.8. The van der Waals surface area contributed by atoms with Crippen LogP contribution in [0.2, 0.25) is 0 Å². The number of hydrogen-bond acceptors (Lipinski definition) is 5. The van der Waals surface area contributed by atoms with Gasteiger partial charge in [0.15, 0.2) is 0 Å². The van der Waals surface area contributed by atoms with Crippen molar-refractivity contribution in [2.24, 2.45) is 5.73 Å². The van der Waals surface area contributed by atoms with Gasteiger partial charge in [0.25, 0.3) is 11.8 Å². The molecule has 2 aromatic rings. The number of nitrogens with one attached hydrogen (secondary N) is 2. The summed E-state index contributed by atoms with van der Waals surface area (Å²) < 4.78 is 0. The van der Waals surface area contributed by atoms with Crippen molar-refractivity contribution in [2.45, 2.75) is 32.1 Å². The van der Waals surface area contributed by atoms with E-state index in [2.05, 4.69) is 10.7 Å². The number of anilines is 2. The normalized spacial score (nSPS) is 16.1. The third-order valence-electron chi connectivity index (χ3n) is 4.87. The second-order valence-corrected chi connectivity index (χ2v) is 7.84. The Morgan fingerprint density at radius 2 is 1.89 bits per heavy atom. The number of nitrogens with two attached hydrogens (primary N) is 1. The van der Waals surface area contributed by atoms with E-state index in [0.717, 1.165) is 36.1 Å². The molecule has 0 spiro atoms. The number of benzene rings is 1.